The lowest BCUT2D eigenvalue weighted by Gasteiger charge is -2.13. The van der Waals surface area contributed by atoms with Gasteiger partial charge in [0, 0.05) is 25.2 Å². The van der Waals surface area contributed by atoms with Crippen LogP contribution in [-0.2, 0) is 13.0 Å². The molecule has 1 unspecified atom stereocenters. The van der Waals surface area contributed by atoms with E-state index in [1.807, 2.05) is 6.20 Å². The van der Waals surface area contributed by atoms with Gasteiger partial charge in [0.05, 0.1) is 11.7 Å². The van der Waals surface area contributed by atoms with Crippen molar-refractivity contribution in [2.75, 3.05) is 19.6 Å². The van der Waals surface area contributed by atoms with Crippen molar-refractivity contribution in [3.05, 3.63) is 35.9 Å². The van der Waals surface area contributed by atoms with Gasteiger partial charge in [0.1, 0.15) is 5.82 Å². The Labute approximate surface area is 114 Å². The molecule has 3 heterocycles. The summed E-state index contributed by atoms with van der Waals surface area (Å²) in [7, 11) is 0. The van der Waals surface area contributed by atoms with E-state index in [-0.39, 0.29) is 0 Å². The molecule has 0 radical (unpaired) electrons. The number of fused-ring (bicyclic) bond motifs is 1. The lowest BCUT2D eigenvalue weighted by Crippen LogP contribution is -2.20. The summed E-state index contributed by atoms with van der Waals surface area (Å²) in [4.78, 5) is 7.13. The van der Waals surface area contributed by atoms with Crippen LogP contribution in [0, 0.1) is 5.92 Å². The van der Waals surface area contributed by atoms with Gasteiger partial charge in [-0.3, -0.25) is 4.40 Å². The van der Waals surface area contributed by atoms with Gasteiger partial charge in [-0.2, -0.15) is 0 Å². The summed E-state index contributed by atoms with van der Waals surface area (Å²) in [6.07, 6.45) is 4.30. The fourth-order valence-corrected chi connectivity index (χ4v) is 3.11. The highest BCUT2D eigenvalue weighted by molar-refractivity contribution is 5.47. The van der Waals surface area contributed by atoms with Crippen LogP contribution in [0.1, 0.15) is 24.9 Å². The maximum absolute atomic E-state index is 5.84. The van der Waals surface area contributed by atoms with Gasteiger partial charge in [0.25, 0.3) is 0 Å². The third-order valence-electron chi connectivity index (χ3n) is 4.20. The van der Waals surface area contributed by atoms with Gasteiger partial charge in [-0.05, 0) is 37.6 Å². The second-order valence-corrected chi connectivity index (χ2v) is 5.41. The first-order valence-electron chi connectivity index (χ1n) is 7.18. The Morgan fingerprint density at radius 2 is 2.32 bits per heavy atom. The molecule has 4 heteroatoms. The second kappa shape index (κ2) is 5.31. The van der Waals surface area contributed by atoms with Gasteiger partial charge in [-0.15, -0.1) is 0 Å². The molecule has 0 saturated carbocycles. The Balaban J connectivity index is 1.85. The minimum Gasteiger partial charge on any atom is -0.325 e. The van der Waals surface area contributed by atoms with Crippen LogP contribution in [0.15, 0.2) is 24.4 Å². The van der Waals surface area contributed by atoms with Crippen LogP contribution >= 0.6 is 0 Å². The summed E-state index contributed by atoms with van der Waals surface area (Å²) in [6, 6.07) is 6.24. The molecule has 0 bridgehead atoms. The van der Waals surface area contributed by atoms with Crippen LogP contribution < -0.4 is 5.73 Å². The Kier molecular flexibility index (Phi) is 3.53. The SMILES string of the molecule is CCN1CCC(Cc2ncc3cccc(CN)n23)C1. The summed E-state index contributed by atoms with van der Waals surface area (Å²) in [5.41, 5.74) is 8.14. The molecule has 2 aromatic heterocycles. The highest BCUT2D eigenvalue weighted by Gasteiger charge is 2.23. The molecule has 1 aliphatic rings. The van der Waals surface area contributed by atoms with E-state index < -0.39 is 0 Å². The molecule has 102 valence electrons. The van der Waals surface area contributed by atoms with E-state index in [0.717, 1.165) is 30.1 Å². The van der Waals surface area contributed by atoms with Crippen LogP contribution in [0.5, 0.6) is 0 Å². The summed E-state index contributed by atoms with van der Waals surface area (Å²) >= 11 is 0. The highest BCUT2D eigenvalue weighted by Crippen LogP contribution is 2.21. The Morgan fingerprint density at radius 1 is 1.42 bits per heavy atom. The van der Waals surface area contributed by atoms with Crippen molar-refractivity contribution in [1.82, 2.24) is 14.3 Å². The zero-order valence-corrected chi connectivity index (χ0v) is 11.5. The zero-order chi connectivity index (χ0) is 13.2. The molecular formula is C15H22N4. The molecule has 2 aromatic rings. The van der Waals surface area contributed by atoms with E-state index in [1.165, 1.54) is 25.3 Å². The molecule has 1 fully saturated rings. The zero-order valence-electron chi connectivity index (χ0n) is 11.5. The van der Waals surface area contributed by atoms with E-state index >= 15 is 0 Å². The molecule has 3 rings (SSSR count). The Bertz CT molecular complexity index is 560. The van der Waals surface area contributed by atoms with E-state index in [2.05, 4.69) is 39.4 Å². The molecule has 2 N–H and O–H groups in total. The van der Waals surface area contributed by atoms with Gasteiger partial charge < -0.3 is 10.6 Å². The van der Waals surface area contributed by atoms with Gasteiger partial charge in [0.2, 0.25) is 0 Å². The average molecular weight is 258 g/mol. The number of imidazole rings is 1. The third-order valence-corrected chi connectivity index (χ3v) is 4.20. The van der Waals surface area contributed by atoms with Gasteiger partial charge in [-0.25, -0.2) is 4.98 Å². The Morgan fingerprint density at radius 3 is 3.05 bits per heavy atom. The lowest BCUT2D eigenvalue weighted by molar-refractivity contribution is 0.341. The van der Waals surface area contributed by atoms with Crippen molar-refractivity contribution in [1.29, 1.82) is 0 Å². The van der Waals surface area contributed by atoms with Crippen molar-refractivity contribution in [2.45, 2.75) is 26.3 Å². The number of nitrogens with zero attached hydrogens (tertiary/aromatic N) is 3. The molecule has 19 heavy (non-hydrogen) atoms. The minimum absolute atomic E-state index is 0.562. The van der Waals surface area contributed by atoms with Crippen LogP contribution in [0.25, 0.3) is 5.52 Å². The normalized spacial score (nSPS) is 20.4. The number of hydrogen-bond acceptors (Lipinski definition) is 3. The van der Waals surface area contributed by atoms with Gasteiger partial charge in [-0.1, -0.05) is 13.0 Å². The maximum atomic E-state index is 5.84. The molecule has 0 aliphatic carbocycles. The van der Waals surface area contributed by atoms with Crippen LogP contribution in [0.4, 0.5) is 0 Å². The number of nitrogens with two attached hydrogens (primary N) is 1. The molecule has 0 aromatic carbocycles. The van der Waals surface area contributed by atoms with E-state index in [1.54, 1.807) is 0 Å². The number of aromatic nitrogens is 2. The van der Waals surface area contributed by atoms with E-state index in [9.17, 15) is 0 Å². The summed E-state index contributed by atoms with van der Waals surface area (Å²) in [5.74, 6) is 1.90. The minimum atomic E-state index is 0.562. The first-order chi connectivity index (χ1) is 9.31. The molecule has 4 nitrogen and oxygen atoms in total. The molecule has 1 atom stereocenters. The topological polar surface area (TPSA) is 46.6 Å². The largest absolute Gasteiger partial charge is 0.325 e. The first kappa shape index (κ1) is 12.6. The molecule has 1 saturated heterocycles. The van der Waals surface area contributed by atoms with Crippen molar-refractivity contribution >= 4 is 5.52 Å². The predicted octanol–water partition coefficient (Wildman–Crippen LogP) is 1.68. The number of rotatable bonds is 4. The van der Waals surface area contributed by atoms with Crippen LogP contribution in [0.3, 0.4) is 0 Å². The van der Waals surface area contributed by atoms with Crippen molar-refractivity contribution < 1.29 is 0 Å². The number of likely N-dealkylation sites (tertiary alicyclic amines) is 1. The monoisotopic (exact) mass is 258 g/mol. The lowest BCUT2D eigenvalue weighted by atomic mass is 10.0. The van der Waals surface area contributed by atoms with E-state index in [0.29, 0.717) is 6.54 Å². The van der Waals surface area contributed by atoms with Crippen molar-refractivity contribution in [2.24, 2.45) is 11.7 Å². The summed E-state index contributed by atoms with van der Waals surface area (Å²) < 4.78 is 2.23. The van der Waals surface area contributed by atoms with Gasteiger partial charge >= 0.3 is 0 Å². The second-order valence-electron chi connectivity index (χ2n) is 5.41. The van der Waals surface area contributed by atoms with Crippen LogP contribution in [-0.4, -0.2) is 33.9 Å². The Hall–Kier alpha value is -1.39. The molecular weight excluding hydrogens is 236 g/mol. The number of pyridine rings is 1. The third kappa shape index (κ3) is 2.38. The fourth-order valence-electron chi connectivity index (χ4n) is 3.11. The standard InChI is InChI=1S/C15H22N4/c1-2-18-7-6-12(11-18)8-15-17-10-14-5-3-4-13(9-16)19(14)15/h3-5,10,12H,2,6-9,11,16H2,1H3. The number of hydrogen-bond donors (Lipinski definition) is 1. The highest BCUT2D eigenvalue weighted by atomic mass is 15.1. The average Bonchev–Trinajstić information content (AvgIpc) is 3.06. The van der Waals surface area contributed by atoms with Crippen molar-refractivity contribution in [3.63, 3.8) is 0 Å². The first-order valence-corrected chi connectivity index (χ1v) is 7.18. The molecule has 0 amide bonds. The molecule has 0 spiro atoms. The predicted molar refractivity (Wildman–Crippen MR) is 77.0 cm³/mol. The van der Waals surface area contributed by atoms with Crippen molar-refractivity contribution in [3.8, 4) is 0 Å². The quantitative estimate of drug-likeness (QED) is 0.907. The smallest absolute Gasteiger partial charge is 0.113 e. The summed E-state index contributed by atoms with van der Waals surface area (Å²) in [6.45, 7) is 6.39. The van der Waals surface area contributed by atoms with Gasteiger partial charge in [0.15, 0.2) is 0 Å². The molecule has 1 aliphatic heterocycles. The van der Waals surface area contributed by atoms with Crippen LogP contribution in [0.2, 0.25) is 0 Å². The summed E-state index contributed by atoms with van der Waals surface area (Å²) in [5, 5.41) is 0. The maximum Gasteiger partial charge on any atom is 0.113 e. The van der Waals surface area contributed by atoms with E-state index in [4.69, 9.17) is 5.73 Å². The fraction of sp³-hybridized carbons (Fsp3) is 0.533.